The lowest BCUT2D eigenvalue weighted by molar-refractivity contribution is 0.474. The molecule has 2 heteroatoms. The van der Waals surface area contributed by atoms with E-state index in [0.717, 1.165) is 23.1 Å². The van der Waals surface area contributed by atoms with Crippen LogP contribution in [-0.4, -0.2) is 10.2 Å². The van der Waals surface area contributed by atoms with Crippen molar-refractivity contribution in [2.24, 2.45) is 0 Å². The first-order chi connectivity index (χ1) is 12.0. The summed E-state index contributed by atoms with van der Waals surface area (Å²) in [5, 5.41) is 19.3. The van der Waals surface area contributed by atoms with Crippen LogP contribution in [0.25, 0.3) is 0 Å². The molecule has 25 heavy (non-hydrogen) atoms. The second kappa shape index (κ2) is 6.86. The maximum atomic E-state index is 9.65. The molecule has 0 radical (unpaired) electrons. The van der Waals surface area contributed by atoms with Crippen molar-refractivity contribution >= 4 is 0 Å². The van der Waals surface area contributed by atoms with Gasteiger partial charge in [-0.25, -0.2) is 0 Å². The van der Waals surface area contributed by atoms with Crippen LogP contribution in [0.4, 0.5) is 0 Å². The van der Waals surface area contributed by atoms with Gasteiger partial charge >= 0.3 is 0 Å². The first-order valence-electron chi connectivity index (χ1n) is 8.33. The van der Waals surface area contributed by atoms with Crippen LogP contribution in [0.3, 0.4) is 0 Å². The molecule has 0 aromatic heterocycles. The zero-order valence-electron chi connectivity index (χ0n) is 14.3. The van der Waals surface area contributed by atoms with E-state index in [-0.39, 0.29) is 11.5 Å². The average Bonchev–Trinajstić information content (AvgIpc) is 2.63. The first-order valence-corrected chi connectivity index (χ1v) is 8.33. The van der Waals surface area contributed by atoms with Crippen LogP contribution < -0.4 is 0 Å². The maximum absolute atomic E-state index is 9.65. The van der Waals surface area contributed by atoms with Gasteiger partial charge in [0.15, 0.2) is 0 Å². The zero-order valence-corrected chi connectivity index (χ0v) is 14.3. The van der Waals surface area contributed by atoms with Gasteiger partial charge < -0.3 is 10.2 Å². The minimum absolute atomic E-state index is 0.248. The van der Waals surface area contributed by atoms with Crippen molar-refractivity contribution in [3.8, 4) is 11.5 Å². The average molecular weight is 330 g/mol. The van der Waals surface area contributed by atoms with Crippen molar-refractivity contribution in [3.05, 3.63) is 108 Å². The summed E-state index contributed by atoms with van der Waals surface area (Å²) in [6, 6.07) is 23.1. The van der Waals surface area contributed by atoms with E-state index in [1.165, 1.54) is 5.56 Å². The van der Waals surface area contributed by atoms with Crippen LogP contribution in [0, 0.1) is 0 Å². The molecule has 0 saturated heterocycles. The fourth-order valence-electron chi connectivity index (χ4n) is 3.23. The van der Waals surface area contributed by atoms with E-state index in [1.807, 2.05) is 30.3 Å². The Morgan fingerprint density at radius 2 is 1.08 bits per heavy atom. The lowest BCUT2D eigenvalue weighted by atomic mass is 9.71. The first kappa shape index (κ1) is 16.8. The number of allylic oxidation sites excluding steroid dienone is 1. The second-order valence-electron chi connectivity index (χ2n) is 6.41. The third-order valence-corrected chi connectivity index (χ3v) is 4.80. The lowest BCUT2D eigenvalue weighted by Crippen LogP contribution is -2.25. The summed E-state index contributed by atoms with van der Waals surface area (Å²) in [7, 11) is 0. The highest BCUT2D eigenvalue weighted by molar-refractivity contribution is 5.51. The van der Waals surface area contributed by atoms with Gasteiger partial charge in [0.25, 0.3) is 0 Å². The molecule has 0 atom stereocenters. The van der Waals surface area contributed by atoms with E-state index >= 15 is 0 Å². The monoisotopic (exact) mass is 330 g/mol. The molecular weight excluding hydrogens is 308 g/mol. The number of hydrogen-bond donors (Lipinski definition) is 2. The molecule has 3 rings (SSSR count). The van der Waals surface area contributed by atoms with Gasteiger partial charge in [0, 0.05) is 5.41 Å². The Bertz CT molecular complexity index is 799. The minimum atomic E-state index is -0.395. The summed E-state index contributed by atoms with van der Waals surface area (Å²) < 4.78 is 0. The Kier molecular flexibility index (Phi) is 4.62. The number of aromatic hydroxyl groups is 2. The highest BCUT2D eigenvalue weighted by Crippen LogP contribution is 2.39. The SMILES string of the molecule is C=CCc1ccc(C(C)(c2ccc(O)cc2)c2ccc(O)cc2)cc1. The van der Waals surface area contributed by atoms with Gasteiger partial charge in [0.1, 0.15) is 11.5 Å². The summed E-state index contributed by atoms with van der Waals surface area (Å²) in [6.45, 7) is 5.95. The highest BCUT2D eigenvalue weighted by atomic mass is 16.3. The van der Waals surface area contributed by atoms with E-state index in [1.54, 1.807) is 24.3 Å². The standard InChI is InChI=1S/C23H22O2/c1-3-4-17-5-7-18(8-6-17)23(2,19-9-13-21(24)14-10-19)20-11-15-22(25)16-12-20/h3,5-16,24-25H,1,4H2,2H3. The molecule has 0 heterocycles. The number of phenolic OH excluding ortho intramolecular Hbond substituents is 2. The van der Waals surface area contributed by atoms with E-state index in [0.29, 0.717) is 0 Å². The van der Waals surface area contributed by atoms with Crippen LogP contribution in [0.2, 0.25) is 0 Å². The van der Waals surface area contributed by atoms with E-state index in [4.69, 9.17) is 0 Å². The van der Waals surface area contributed by atoms with Crippen LogP contribution in [0.15, 0.2) is 85.5 Å². The Balaban J connectivity index is 2.15. The molecule has 0 saturated carbocycles. The second-order valence-corrected chi connectivity index (χ2v) is 6.41. The minimum Gasteiger partial charge on any atom is -0.508 e. The number of benzene rings is 3. The third kappa shape index (κ3) is 3.29. The summed E-state index contributed by atoms with van der Waals surface area (Å²) in [4.78, 5) is 0. The van der Waals surface area contributed by atoms with Crippen molar-refractivity contribution in [1.29, 1.82) is 0 Å². The molecule has 3 aromatic rings. The predicted molar refractivity (Wildman–Crippen MR) is 102 cm³/mol. The fourth-order valence-corrected chi connectivity index (χ4v) is 3.23. The summed E-state index contributed by atoms with van der Waals surface area (Å²) >= 11 is 0. The number of hydrogen-bond acceptors (Lipinski definition) is 2. The molecule has 0 spiro atoms. The van der Waals surface area contributed by atoms with Crippen molar-refractivity contribution < 1.29 is 10.2 Å². The highest BCUT2D eigenvalue weighted by Gasteiger charge is 2.31. The van der Waals surface area contributed by atoms with Gasteiger partial charge in [-0.15, -0.1) is 6.58 Å². The maximum Gasteiger partial charge on any atom is 0.115 e. The third-order valence-electron chi connectivity index (χ3n) is 4.80. The summed E-state index contributed by atoms with van der Waals surface area (Å²) in [6.07, 6.45) is 2.74. The van der Waals surface area contributed by atoms with Crippen molar-refractivity contribution in [2.45, 2.75) is 18.8 Å². The van der Waals surface area contributed by atoms with Gasteiger partial charge in [-0.1, -0.05) is 54.6 Å². The Labute approximate surface area is 148 Å². The molecule has 0 fully saturated rings. The predicted octanol–water partition coefficient (Wildman–Crippen LogP) is 5.18. The largest absolute Gasteiger partial charge is 0.508 e. The van der Waals surface area contributed by atoms with E-state index < -0.39 is 5.41 Å². The molecule has 0 bridgehead atoms. The van der Waals surface area contributed by atoms with Gasteiger partial charge in [0.2, 0.25) is 0 Å². The fraction of sp³-hybridized carbons (Fsp3) is 0.130. The molecule has 126 valence electrons. The quantitative estimate of drug-likeness (QED) is 0.500. The molecule has 0 amide bonds. The molecule has 3 aromatic carbocycles. The number of rotatable bonds is 5. The van der Waals surface area contributed by atoms with Crippen molar-refractivity contribution in [1.82, 2.24) is 0 Å². The molecule has 0 aliphatic heterocycles. The Hall–Kier alpha value is -3.00. The molecule has 0 aliphatic carbocycles. The topological polar surface area (TPSA) is 40.5 Å². The van der Waals surface area contributed by atoms with Gasteiger partial charge in [0.05, 0.1) is 0 Å². The molecular formula is C23H22O2. The van der Waals surface area contributed by atoms with Crippen molar-refractivity contribution in [2.75, 3.05) is 0 Å². The van der Waals surface area contributed by atoms with Crippen LogP contribution in [0.1, 0.15) is 29.2 Å². The molecule has 2 nitrogen and oxygen atoms in total. The Morgan fingerprint density at radius 1 is 0.720 bits per heavy atom. The molecule has 0 unspecified atom stereocenters. The van der Waals surface area contributed by atoms with Gasteiger partial charge in [-0.3, -0.25) is 0 Å². The van der Waals surface area contributed by atoms with Crippen LogP contribution in [0.5, 0.6) is 11.5 Å². The zero-order chi connectivity index (χ0) is 17.9. The molecule has 2 N–H and O–H groups in total. The van der Waals surface area contributed by atoms with E-state index in [2.05, 4.69) is 37.8 Å². The van der Waals surface area contributed by atoms with Crippen LogP contribution >= 0.6 is 0 Å². The van der Waals surface area contributed by atoms with Gasteiger partial charge in [-0.05, 0) is 59.9 Å². The van der Waals surface area contributed by atoms with E-state index in [9.17, 15) is 10.2 Å². The van der Waals surface area contributed by atoms with Crippen molar-refractivity contribution in [3.63, 3.8) is 0 Å². The summed E-state index contributed by atoms with van der Waals surface area (Å²) in [5.41, 5.74) is 4.13. The molecule has 0 aliphatic rings. The van der Waals surface area contributed by atoms with Crippen LogP contribution in [-0.2, 0) is 11.8 Å². The lowest BCUT2D eigenvalue weighted by Gasteiger charge is -2.32. The summed E-state index contributed by atoms with van der Waals surface area (Å²) in [5.74, 6) is 0.497. The Morgan fingerprint density at radius 3 is 1.44 bits per heavy atom. The normalized spacial score (nSPS) is 11.2. The number of phenols is 2. The smallest absolute Gasteiger partial charge is 0.115 e. The van der Waals surface area contributed by atoms with Gasteiger partial charge in [-0.2, -0.15) is 0 Å².